The standard InChI is InChI=1S/C16H25FN2O2/c1-12-11-14(17)6-5-13(12)7-8-18-9-10-19-15(20)21-16(2,3)4/h5-6,11,18H,7-10H2,1-4H3,(H,19,20). The first kappa shape index (κ1) is 17.4. The van der Waals surface area contributed by atoms with Crippen molar-refractivity contribution in [2.45, 2.75) is 39.7 Å². The molecule has 118 valence electrons. The average Bonchev–Trinajstić information content (AvgIpc) is 2.33. The monoisotopic (exact) mass is 296 g/mol. The number of amides is 1. The van der Waals surface area contributed by atoms with Crippen molar-refractivity contribution >= 4 is 6.09 Å². The van der Waals surface area contributed by atoms with Crippen molar-refractivity contribution in [1.82, 2.24) is 10.6 Å². The Kier molecular flexibility index (Phi) is 6.62. The third-order valence-corrected chi connectivity index (χ3v) is 2.85. The Morgan fingerprint density at radius 2 is 1.95 bits per heavy atom. The molecule has 1 aromatic rings. The lowest BCUT2D eigenvalue weighted by molar-refractivity contribution is 0.0528. The molecule has 0 saturated heterocycles. The summed E-state index contributed by atoms with van der Waals surface area (Å²) in [6, 6.07) is 4.83. The van der Waals surface area contributed by atoms with E-state index in [9.17, 15) is 9.18 Å². The molecule has 1 amide bonds. The highest BCUT2D eigenvalue weighted by Crippen LogP contribution is 2.10. The van der Waals surface area contributed by atoms with E-state index < -0.39 is 11.7 Å². The summed E-state index contributed by atoms with van der Waals surface area (Å²) < 4.78 is 18.1. The lowest BCUT2D eigenvalue weighted by atomic mass is 10.1. The van der Waals surface area contributed by atoms with Gasteiger partial charge in [0.25, 0.3) is 0 Å². The van der Waals surface area contributed by atoms with Crippen LogP contribution in [0.5, 0.6) is 0 Å². The summed E-state index contributed by atoms with van der Waals surface area (Å²) >= 11 is 0. The topological polar surface area (TPSA) is 50.4 Å². The smallest absolute Gasteiger partial charge is 0.407 e. The molecule has 5 heteroatoms. The largest absolute Gasteiger partial charge is 0.444 e. The van der Waals surface area contributed by atoms with Gasteiger partial charge >= 0.3 is 6.09 Å². The summed E-state index contributed by atoms with van der Waals surface area (Å²) in [5, 5.41) is 5.91. The van der Waals surface area contributed by atoms with Crippen LogP contribution in [-0.4, -0.2) is 31.3 Å². The number of hydrogen-bond acceptors (Lipinski definition) is 3. The zero-order valence-electron chi connectivity index (χ0n) is 13.3. The second kappa shape index (κ2) is 7.98. The minimum absolute atomic E-state index is 0.203. The predicted octanol–water partition coefficient (Wildman–Crippen LogP) is 2.79. The molecular formula is C16H25FN2O2. The fourth-order valence-corrected chi connectivity index (χ4v) is 1.85. The summed E-state index contributed by atoms with van der Waals surface area (Å²) in [7, 11) is 0. The Bertz CT molecular complexity index is 470. The van der Waals surface area contributed by atoms with Crippen LogP contribution in [0.3, 0.4) is 0 Å². The third-order valence-electron chi connectivity index (χ3n) is 2.85. The highest BCUT2D eigenvalue weighted by atomic mass is 19.1. The number of benzene rings is 1. The summed E-state index contributed by atoms with van der Waals surface area (Å²) in [5.74, 6) is -0.203. The highest BCUT2D eigenvalue weighted by Gasteiger charge is 2.15. The van der Waals surface area contributed by atoms with Gasteiger partial charge in [0, 0.05) is 13.1 Å². The maximum Gasteiger partial charge on any atom is 0.407 e. The summed E-state index contributed by atoms with van der Waals surface area (Å²) in [6.07, 6.45) is 0.428. The Hall–Kier alpha value is -1.62. The first-order valence-corrected chi connectivity index (χ1v) is 7.20. The zero-order chi connectivity index (χ0) is 15.9. The predicted molar refractivity (Wildman–Crippen MR) is 81.9 cm³/mol. The maximum absolute atomic E-state index is 13.0. The average molecular weight is 296 g/mol. The van der Waals surface area contributed by atoms with Gasteiger partial charge in [-0.1, -0.05) is 6.07 Å². The number of nitrogens with one attached hydrogen (secondary N) is 2. The van der Waals surface area contributed by atoms with E-state index in [-0.39, 0.29) is 5.82 Å². The van der Waals surface area contributed by atoms with Crippen molar-refractivity contribution in [2.24, 2.45) is 0 Å². The van der Waals surface area contributed by atoms with Crippen LogP contribution in [0.4, 0.5) is 9.18 Å². The van der Waals surface area contributed by atoms with E-state index in [0.29, 0.717) is 13.1 Å². The van der Waals surface area contributed by atoms with Crippen LogP contribution >= 0.6 is 0 Å². The van der Waals surface area contributed by atoms with Crippen molar-refractivity contribution in [3.05, 3.63) is 35.1 Å². The van der Waals surface area contributed by atoms with Gasteiger partial charge in [-0.05, 0) is 63.9 Å². The SMILES string of the molecule is Cc1cc(F)ccc1CCNCCNC(=O)OC(C)(C)C. The van der Waals surface area contributed by atoms with Gasteiger partial charge < -0.3 is 15.4 Å². The Labute approximate surface area is 126 Å². The van der Waals surface area contributed by atoms with E-state index in [0.717, 1.165) is 24.1 Å². The van der Waals surface area contributed by atoms with Crippen molar-refractivity contribution in [3.8, 4) is 0 Å². The van der Waals surface area contributed by atoms with E-state index in [1.54, 1.807) is 6.07 Å². The van der Waals surface area contributed by atoms with Crippen LogP contribution in [0.15, 0.2) is 18.2 Å². The number of ether oxygens (including phenoxy) is 1. The molecule has 0 aliphatic rings. The minimum Gasteiger partial charge on any atom is -0.444 e. The molecule has 0 aromatic heterocycles. The van der Waals surface area contributed by atoms with E-state index in [1.165, 1.54) is 6.07 Å². The quantitative estimate of drug-likeness (QED) is 0.794. The number of carbonyl (C=O) groups is 1. The molecule has 4 nitrogen and oxygen atoms in total. The molecule has 21 heavy (non-hydrogen) atoms. The molecule has 0 bridgehead atoms. The van der Waals surface area contributed by atoms with Gasteiger partial charge in [-0.25, -0.2) is 9.18 Å². The lowest BCUT2D eigenvalue weighted by Gasteiger charge is -2.19. The number of hydrogen-bond donors (Lipinski definition) is 2. The molecule has 0 saturated carbocycles. The van der Waals surface area contributed by atoms with Gasteiger partial charge in [-0.2, -0.15) is 0 Å². The molecule has 0 aliphatic heterocycles. The van der Waals surface area contributed by atoms with E-state index in [4.69, 9.17) is 4.74 Å². The van der Waals surface area contributed by atoms with Crippen LogP contribution in [0.25, 0.3) is 0 Å². The summed E-state index contributed by atoms with van der Waals surface area (Å²) in [4.78, 5) is 11.4. The normalized spacial score (nSPS) is 11.3. The number of halogens is 1. The van der Waals surface area contributed by atoms with E-state index >= 15 is 0 Å². The third kappa shape index (κ3) is 7.66. The van der Waals surface area contributed by atoms with Crippen LogP contribution < -0.4 is 10.6 Å². The fourth-order valence-electron chi connectivity index (χ4n) is 1.85. The van der Waals surface area contributed by atoms with Crippen LogP contribution in [0, 0.1) is 12.7 Å². The van der Waals surface area contributed by atoms with Gasteiger partial charge in [0.2, 0.25) is 0 Å². The Balaban J connectivity index is 2.13. The molecule has 0 unspecified atom stereocenters. The second-order valence-electron chi connectivity index (χ2n) is 6.00. The minimum atomic E-state index is -0.475. The Morgan fingerprint density at radius 3 is 2.57 bits per heavy atom. The van der Waals surface area contributed by atoms with E-state index in [2.05, 4.69) is 10.6 Å². The molecule has 0 spiro atoms. The molecule has 2 N–H and O–H groups in total. The lowest BCUT2D eigenvalue weighted by Crippen LogP contribution is -2.36. The summed E-state index contributed by atoms with van der Waals surface area (Å²) in [5.41, 5.74) is 1.62. The number of alkyl carbamates (subject to hydrolysis) is 1. The molecular weight excluding hydrogens is 271 g/mol. The van der Waals surface area contributed by atoms with Crippen molar-refractivity contribution in [2.75, 3.05) is 19.6 Å². The number of carbonyl (C=O) groups excluding carboxylic acids is 1. The number of aryl methyl sites for hydroxylation is 1. The molecule has 0 aliphatic carbocycles. The molecule has 0 fully saturated rings. The summed E-state index contributed by atoms with van der Waals surface area (Å²) in [6.45, 7) is 9.35. The molecule has 0 atom stereocenters. The molecule has 0 heterocycles. The maximum atomic E-state index is 13.0. The molecule has 0 radical (unpaired) electrons. The molecule has 1 rings (SSSR count). The fraction of sp³-hybridized carbons (Fsp3) is 0.562. The second-order valence-corrected chi connectivity index (χ2v) is 6.00. The van der Waals surface area contributed by atoms with Gasteiger partial charge in [0.1, 0.15) is 11.4 Å². The number of rotatable bonds is 6. The van der Waals surface area contributed by atoms with Crippen LogP contribution in [-0.2, 0) is 11.2 Å². The zero-order valence-corrected chi connectivity index (χ0v) is 13.3. The first-order chi connectivity index (χ1) is 9.78. The Morgan fingerprint density at radius 1 is 1.24 bits per heavy atom. The van der Waals surface area contributed by atoms with E-state index in [1.807, 2.05) is 33.8 Å². The van der Waals surface area contributed by atoms with Gasteiger partial charge in [0.15, 0.2) is 0 Å². The van der Waals surface area contributed by atoms with Crippen LogP contribution in [0.2, 0.25) is 0 Å². The van der Waals surface area contributed by atoms with Crippen molar-refractivity contribution < 1.29 is 13.9 Å². The van der Waals surface area contributed by atoms with Crippen molar-refractivity contribution in [3.63, 3.8) is 0 Å². The van der Waals surface area contributed by atoms with Gasteiger partial charge in [-0.3, -0.25) is 0 Å². The molecule has 1 aromatic carbocycles. The van der Waals surface area contributed by atoms with Crippen LogP contribution in [0.1, 0.15) is 31.9 Å². The highest BCUT2D eigenvalue weighted by molar-refractivity contribution is 5.67. The van der Waals surface area contributed by atoms with Gasteiger partial charge in [-0.15, -0.1) is 0 Å². The first-order valence-electron chi connectivity index (χ1n) is 7.20. The van der Waals surface area contributed by atoms with Crippen molar-refractivity contribution in [1.29, 1.82) is 0 Å². The van der Waals surface area contributed by atoms with Gasteiger partial charge in [0.05, 0.1) is 0 Å².